The summed E-state index contributed by atoms with van der Waals surface area (Å²) in [6.45, 7) is 0.367. The fraction of sp³-hybridized carbons (Fsp3) is 0.833. The molecule has 1 saturated carbocycles. The molecule has 0 atom stereocenters. The van der Waals surface area contributed by atoms with E-state index in [1.54, 1.807) is 0 Å². The molecule has 0 aromatic rings. The van der Waals surface area contributed by atoms with Crippen LogP contribution in [0, 0.1) is 5.92 Å². The first-order valence-electron chi connectivity index (χ1n) is 3.20. The number of hydrogen-bond donors (Lipinski definition) is 2. The summed E-state index contributed by atoms with van der Waals surface area (Å²) in [5, 5.41) is 10.9. The lowest BCUT2D eigenvalue weighted by molar-refractivity contribution is -0.123. The van der Waals surface area contributed by atoms with Crippen molar-refractivity contribution < 1.29 is 9.90 Å². The van der Waals surface area contributed by atoms with Gasteiger partial charge in [-0.3, -0.25) is 4.79 Å². The molecule has 3 nitrogen and oxygen atoms in total. The number of aliphatic hydroxyl groups is 1. The van der Waals surface area contributed by atoms with Crippen LogP contribution in [-0.4, -0.2) is 24.2 Å². The van der Waals surface area contributed by atoms with Gasteiger partial charge in [-0.1, -0.05) is 0 Å². The molecule has 3 heteroatoms. The summed E-state index contributed by atoms with van der Waals surface area (Å²) in [5.74, 6) is 0.433. The van der Waals surface area contributed by atoms with Crippen LogP contribution in [0.5, 0.6) is 0 Å². The molecule has 0 heterocycles. The van der Waals surface area contributed by atoms with Gasteiger partial charge in [-0.05, 0) is 18.8 Å². The first kappa shape index (κ1) is 6.55. The van der Waals surface area contributed by atoms with E-state index in [1.807, 2.05) is 0 Å². The van der Waals surface area contributed by atoms with Crippen LogP contribution in [0.4, 0.5) is 0 Å². The number of hydrogen-bond acceptors (Lipinski definition) is 2. The van der Waals surface area contributed by atoms with E-state index in [0.717, 1.165) is 6.54 Å². The van der Waals surface area contributed by atoms with Gasteiger partial charge in [0.1, 0.15) is 6.61 Å². The van der Waals surface area contributed by atoms with E-state index in [0.29, 0.717) is 5.92 Å². The molecule has 1 amide bonds. The van der Waals surface area contributed by atoms with Crippen LogP contribution in [0.25, 0.3) is 0 Å². The zero-order chi connectivity index (χ0) is 6.69. The molecule has 1 rings (SSSR count). The number of carbonyl (C=O) groups is 1. The minimum atomic E-state index is -0.382. The molecule has 0 radical (unpaired) electrons. The molecule has 0 bridgehead atoms. The van der Waals surface area contributed by atoms with Crippen molar-refractivity contribution in [1.82, 2.24) is 5.32 Å². The maximum atomic E-state index is 10.4. The van der Waals surface area contributed by atoms with E-state index in [9.17, 15) is 4.79 Å². The number of rotatable bonds is 3. The Balaban J connectivity index is 1.96. The van der Waals surface area contributed by atoms with Gasteiger partial charge < -0.3 is 10.4 Å². The molecule has 0 aliphatic heterocycles. The molecule has 0 aromatic heterocycles. The molecule has 1 aliphatic carbocycles. The molecule has 0 saturated heterocycles. The Hall–Kier alpha value is -0.570. The SMILES string of the molecule is O=C(CO)NCC1CC1. The third-order valence-electron chi connectivity index (χ3n) is 1.43. The zero-order valence-corrected chi connectivity index (χ0v) is 5.26. The lowest BCUT2D eigenvalue weighted by Crippen LogP contribution is -2.27. The van der Waals surface area contributed by atoms with Crippen molar-refractivity contribution in [3.8, 4) is 0 Å². The average Bonchev–Trinajstić information content (AvgIpc) is 2.65. The largest absolute Gasteiger partial charge is 0.387 e. The monoisotopic (exact) mass is 129 g/mol. The molecule has 0 aromatic carbocycles. The molecule has 0 spiro atoms. The van der Waals surface area contributed by atoms with E-state index in [-0.39, 0.29) is 12.5 Å². The zero-order valence-electron chi connectivity index (χ0n) is 5.26. The fourth-order valence-electron chi connectivity index (χ4n) is 0.636. The van der Waals surface area contributed by atoms with Crippen molar-refractivity contribution in [3.63, 3.8) is 0 Å². The van der Waals surface area contributed by atoms with Gasteiger partial charge in [-0.15, -0.1) is 0 Å². The summed E-state index contributed by atoms with van der Waals surface area (Å²) in [4.78, 5) is 10.4. The van der Waals surface area contributed by atoms with Gasteiger partial charge in [0.15, 0.2) is 0 Å². The molecule has 2 N–H and O–H groups in total. The van der Waals surface area contributed by atoms with Gasteiger partial charge in [0.2, 0.25) is 5.91 Å². The van der Waals surface area contributed by atoms with Crippen LogP contribution < -0.4 is 5.32 Å². The van der Waals surface area contributed by atoms with Crippen molar-refractivity contribution >= 4 is 5.91 Å². The maximum absolute atomic E-state index is 10.4. The van der Waals surface area contributed by atoms with Crippen molar-refractivity contribution in [2.75, 3.05) is 13.2 Å². The topological polar surface area (TPSA) is 49.3 Å². The highest BCUT2D eigenvalue weighted by atomic mass is 16.3. The lowest BCUT2D eigenvalue weighted by Gasteiger charge is -1.98. The van der Waals surface area contributed by atoms with E-state index in [4.69, 9.17) is 5.11 Å². The molecule has 9 heavy (non-hydrogen) atoms. The van der Waals surface area contributed by atoms with E-state index in [1.165, 1.54) is 12.8 Å². The van der Waals surface area contributed by atoms with Crippen LogP contribution in [0.15, 0.2) is 0 Å². The Morgan fingerprint density at radius 2 is 2.33 bits per heavy atom. The number of amides is 1. The second kappa shape index (κ2) is 2.82. The summed E-state index contributed by atoms with van der Waals surface area (Å²) >= 11 is 0. The molecular formula is C6H11NO2. The Bertz CT molecular complexity index is 110. The third-order valence-corrected chi connectivity index (χ3v) is 1.43. The number of nitrogens with one attached hydrogen (secondary N) is 1. The standard InChI is InChI=1S/C6H11NO2/c8-4-6(9)7-3-5-1-2-5/h5,8H,1-4H2,(H,7,9). The molecule has 1 aliphatic rings. The van der Waals surface area contributed by atoms with E-state index < -0.39 is 0 Å². The maximum Gasteiger partial charge on any atom is 0.245 e. The second-order valence-electron chi connectivity index (χ2n) is 2.41. The predicted molar refractivity (Wildman–Crippen MR) is 32.8 cm³/mol. The lowest BCUT2D eigenvalue weighted by atomic mass is 10.4. The predicted octanol–water partition coefficient (Wildman–Crippen LogP) is -0.495. The highest BCUT2D eigenvalue weighted by molar-refractivity contribution is 5.76. The molecule has 52 valence electrons. The minimum Gasteiger partial charge on any atom is -0.387 e. The Morgan fingerprint density at radius 1 is 1.67 bits per heavy atom. The van der Waals surface area contributed by atoms with Crippen LogP contribution in [0.2, 0.25) is 0 Å². The van der Waals surface area contributed by atoms with E-state index >= 15 is 0 Å². The fourth-order valence-corrected chi connectivity index (χ4v) is 0.636. The quantitative estimate of drug-likeness (QED) is 0.540. The van der Waals surface area contributed by atoms with Crippen molar-refractivity contribution in [2.45, 2.75) is 12.8 Å². The summed E-state index contributed by atoms with van der Waals surface area (Å²) in [6.07, 6.45) is 2.46. The molecule has 0 unspecified atom stereocenters. The molecular weight excluding hydrogens is 118 g/mol. The first-order valence-corrected chi connectivity index (χ1v) is 3.20. The summed E-state index contributed by atoms with van der Waals surface area (Å²) in [7, 11) is 0. The van der Waals surface area contributed by atoms with Crippen LogP contribution in [0.1, 0.15) is 12.8 Å². The Labute approximate surface area is 54.1 Å². The normalized spacial score (nSPS) is 17.4. The minimum absolute atomic E-state index is 0.262. The highest BCUT2D eigenvalue weighted by Gasteiger charge is 2.21. The second-order valence-corrected chi connectivity index (χ2v) is 2.41. The smallest absolute Gasteiger partial charge is 0.245 e. The van der Waals surface area contributed by atoms with Gasteiger partial charge in [0.05, 0.1) is 0 Å². The first-order chi connectivity index (χ1) is 4.33. The molecule has 1 fully saturated rings. The Kier molecular flexibility index (Phi) is 2.05. The van der Waals surface area contributed by atoms with Crippen molar-refractivity contribution in [1.29, 1.82) is 0 Å². The summed E-state index contributed by atoms with van der Waals surface area (Å²) in [5.41, 5.74) is 0. The van der Waals surface area contributed by atoms with Gasteiger partial charge in [0, 0.05) is 6.54 Å². The average molecular weight is 129 g/mol. The van der Waals surface area contributed by atoms with Gasteiger partial charge in [-0.25, -0.2) is 0 Å². The summed E-state index contributed by atoms with van der Waals surface area (Å²) < 4.78 is 0. The van der Waals surface area contributed by atoms with Crippen LogP contribution >= 0.6 is 0 Å². The van der Waals surface area contributed by atoms with Crippen LogP contribution in [0.3, 0.4) is 0 Å². The Morgan fingerprint density at radius 3 is 2.78 bits per heavy atom. The highest BCUT2D eigenvalue weighted by Crippen LogP contribution is 2.27. The summed E-state index contributed by atoms with van der Waals surface area (Å²) in [6, 6.07) is 0. The third kappa shape index (κ3) is 2.46. The van der Waals surface area contributed by atoms with Crippen molar-refractivity contribution in [2.24, 2.45) is 5.92 Å². The number of carbonyl (C=O) groups excluding carboxylic acids is 1. The van der Waals surface area contributed by atoms with Gasteiger partial charge in [-0.2, -0.15) is 0 Å². The van der Waals surface area contributed by atoms with Crippen LogP contribution in [-0.2, 0) is 4.79 Å². The number of aliphatic hydroxyl groups excluding tert-OH is 1. The van der Waals surface area contributed by atoms with E-state index in [2.05, 4.69) is 5.32 Å². The van der Waals surface area contributed by atoms with Gasteiger partial charge in [0.25, 0.3) is 0 Å². The van der Waals surface area contributed by atoms with Gasteiger partial charge >= 0.3 is 0 Å². The van der Waals surface area contributed by atoms with Crippen molar-refractivity contribution in [3.05, 3.63) is 0 Å².